The molecule has 0 atom stereocenters. The fourth-order valence-corrected chi connectivity index (χ4v) is 3.83. The van der Waals surface area contributed by atoms with Crippen molar-refractivity contribution in [1.82, 2.24) is 4.68 Å². The monoisotopic (exact) mass is 444 g/mol. The van der Waals surface area contributed by atoms with Gasteiger partial charge in [0.25, 0.3) is 5.69 Å². The number of aryl methyl sites for hydroxylation is 1. The first-order valence-electron chi connectivity index (χ1n) is 8.11. The number of nitro groups is 1. The highest BCUT2D eigenvalue weighted by molar-refractivity contribution is 9.10. The zero-order valence-corrected chi connectivity index (χ0v) is 17.4. The average molecular weight is 445 g/mol. The predicted molar refractivity (Wildman–Crippen MR) is 112 cm³/mol. The molecule has 0 radical (unpaired) electrons. The molecular weight excluding hydrogens is 428 g/mol. The summed E-state index contributed by atoms with van der Waals surface area (Å²) in [7, 11) is 1.72. The molecule has 0 amide bonds. The summed E-state index contributed by atoms with van der Waals surface area (Å²) in [6.07, 6.45) is 0. The van der Waals surface area contributed by atoms with Crippen molar-refractivity contribution in [2.24, 2.45) is 10.1 Å². The van der Waals surface area contributed by atoms with E-state index in [0.29, 0.717) is 16.8 Å². The first kappa shape index (κ1) is 19.2. The maximum absolute atomic E-state index is 11.2. The quantitative estimate of drug-likeness (QED) is 0.322. The molecule has 0 aliphatic carbocycles. The van der Waals surface area contributed by atoms with E-state index in [1.807, 2.05) is 42.6 Å². The normalized spacial score (nSPS) is 12.4. The van der Waals surface area contributed by atoms with E-state index in [1.54, 1.807) is 30.8 Å². The van der Waals surface area contributed by atoms with Crippen molar-refractivity contribution in [2.75, 3.05) is 7.05 Å². The molecule has 8 heteroatoms. The largest absolute Gasteiger partial charge is 0.272 e. The summed E-state index contributed by atoms with van der Waals surface area (Å²) in [4.78, 5) is 15.9. The van der Waals surface area contributed by atoms with E-state index in [9.17, 15) is 10.1 Å². The van der Waals surface area contributed by atoms with Crippen LogP contribution in [0.25, 0.3) is 11.3 Å². The number of nitrogens with zero attached hydrogens (tertiary/aromatic N) is 4. The Bertz CT molecular complexity index is 1110. The Balaban J connectivity index is 2.13. The van der Waals surface area contributed by atoms with E-state index in [0.717, 1.165) is 20.5 Å². The van der Waals surface area contributed by atoms with E-state index >= 15 is 0 Å². The Kier molecular flexibility index (Phi) is 5.67. The summed E-state index contributed by atoms with van der Waals surface area (Å²) in [6, 6.07) is 13.1. The van der Waals surface area contributed by atoms with Gasteiger partial charge in [-0.1, -0.05) is 40.2 Å². The number of hydrogen-bond acceptors (Lipinski definition) is 5. The highest BCUT2D eigenvalue weighted by Crippen LogP contribution is 2.24. The maximum atomic E-state index is 11.2. The minimum Gasteiger partial charge on any atom is -0.261 e. The van der Waals surface area contributed by atoms with E-state index in [2.05, 4.69) is 20.9 Å². The van der Waals surface area contributed by atoms with Gasteiger partial charge in [0, 0.05) is 39.7 Å². The lowest BCUT2D eigenvalue weighted by Gasteiger charge is -2.07. The molecule has 6 nitrogen and oxygen atoms in total. The summed E-state index contributed by atoms with van der Waals surface area (Å²) in [6.45, 7) is 3.56. The molecule has 0 aliphatic rings. The van der Waals surface area contributed by atoms with Gasteiger partial charge < -0.3 is 0 Å². The fraction of sp³-hybridized carbons (Fsp3) is 0.158. The van der Waals surface area contributed by atoms with Crippen molar-refractivity contribution in [3.8, 4) is 11.3 Å². The van der Waals surface area contributed by atoms with Gasteiger partial charge in [-0.3, -0.25) is 15.1 Å². The number of thiazole rings is 1. The van der Waals surface area contributed by atoms with Crippen molar-refractivity contribution < 1.29 is 4.92 Å². The fourth-order valence-electron chi connectivity index (χ4n) is 2.63. The van der Waals surface area contributed by atoms with Crippen molar-refractivity contribution in [1.29, 1.82) is 0 Å². The van der Waals surface area contributed by atoms with Crippen LogP contribution in [0.1, 0.15) is 18.1 Å². The second-order valence-electron chi connectivity index (χ2n) is 5.89. The van der Waals surface area contributed by atoms with Gasteiger partial charge in [-0.05, 0) is 26.0 Å². The molecule has 2 aromatic carbocycles. The van der Waals surface area contributed by atoms with Gasteiger partial charge in [0.15, 0.2) is 0 Å². The van der Waals surface area contributed by atoms with E-state index in [1.165, 1.54) is 11.3 Å². The molecule has 3 aromatic rings. The smallest absolute Gasteiger partial charge is 0.261 e. The van der Waals surface area contributed by atoms with Crippen LogP contribution in [0.3, 0.4) is 0 Å². The molecule has 1 aromatic heterocycles. The number of benzene rings is 2. The Morgan fingerprint density at radius 1 is 1.26 bits per heavy atom. The number of halogens is 1. The van der Waals surface area contributed by atoms with Crippen LogP contribution in [-0.4, -0.2) is 22.4 Å². The minimum absolute atomic E-state index is 0.0879. The highest BCUT2D eigenvalue weighted by atomic mass is 79.9. The molecule has 0 saturated heterocycles. The Labute approximate surface area is 168 Å². The topological polar surface area (TPSA) is 72.8 Å². The second-order valence-corrected chi connectivity index (χ2v) is 7.65. The van der Waals surface area contributed by atoms with E-state index in [-0.39, 0.29) is 10.6 Å². The molecule has 0 bridgehead atoms. The van der Waals surface area contributed by atoms with Crippen molar-refractivity contribution >= 4 is 38.7 Å². The molecule has 0 spiro atoms. The van der Waals surface area contributed by atoms with Crippen LogP contribution in [0, 0.1) is 17.0 Å². The first-order valence-corrected chi connectivity index (χ1v) is 9.78. The number of nitro benzene ring substituents is 1. The summed E-state index contributed by atoms with van der Waals surface area (Å²) in [5, 5.41) is 17.9. The third-order valence-corrected chi connectivity index (χ3v) is 5.47. The second kappa shape index (κ2) is 7.98. The molecular formula is C19H17BrN4O2S. The summed E-state index contributed by atoms with van der Waals surface area (Å²) in [5.41, 5.74) is 3.99. The zero-order chi connectivity index (χ0) is 19.6. The van der Waals surface area contributed by atoms with Crippen LogP contribution in [0.15, 0.2) is 62.4 Å². The van der Waals surface area contributed by atoms with Crippen molar-refractivity contribution in [3.63, 3.8) is 0 Å². The van der Waals surface area contributed by atoms with Crippen LogP contribution in [0.5, 0.6) is 0 Å². The van der Waals surface area contributed by atoms with Gasteiger partial charge in [-0.15, -0.1) is 11.3 Å². The van der Waals surface area contributed by atoms with Gasteiger partial charge >= 0.3 is 0 Å². The minimum atomic E-state index is -0.371. The third kappa shape index (κ3) is 4.06. The lowest BCUT2D eigenvalue weighted by Crippen LogP contribution is -2.14. The van der Waals surface area contributed by atoms with Crippen LogP contribution >= 0.6 is 27.3 Å². The van der Waals surface area contributed by atoms with Gasteiger partial charge in [-0.25, -0.2) is 4.68 Å². The predicted octanol–water partition coefficient (Wildman–Crippen LogP) is 5.00. The maximum Gasteiger partial charge on any atom is 0.272 e. The molecule has 1 heterocycles. The Morgan fingerprint density at radius 3 is 2.70 bits per heavy atom. The molecule has 0 fully saturated rings. The summed E-state index contributed by atoms with van der Waals surface area (Å²) in [5.74, 6) is 0. The molecule has 138 valence electrons. The van der Waals surface area contributed by atoms with Gasteiger partial charge in [0.05, 0.1) is 16.3 Å². The van der Waals surface area contributed by atoms with Crippen molar-refractivity contribution in [3.05, 3.63) is 78.4 Å². The molecule has 0 unspecified atom stereocenters. The Morgan fingerprint density at radius 2 is 2.04 bits per heavy atom. The molecule has 0 aliphatic heterocycles. The number of aromatic nitrogens is 1. The Hall–Kier alpha value is -2.58. The molecule has 27 heavy (non-hydrogen) atoms. The van der Waals surface area contributed by atoms with Gasteiger partial charge in [0.2, 0.25) is 4.80 Å². The lowest BCUT2D eigenvalue weighted by atomic mass is 10.1. The van der Waals surface area contributed by atoms with Crippen LogP contribution in [0.2, 0.25) is 0 Å². The molecule has 3 rings (SSSR count). The number of rotatable bonds is 4. The first-order chi connectivity index (χ1) is 12.9. The van der Waals surface area contributed by atoms with Crippen LogP contribution in [0.4, 0.5) is 5.69 Å². The molecule has 0 N–H and O–H groups in total. The highest BCUT2D eigenvalue weighted by Gasteiger charge is 2.13. The zero-order valence-electron chi connectivity index (χ0n) is 15.0. The van der Waals surface area contributed by atoms with Gasteiger partial charge in [-0.2, -0.15) is 5.10 Å². The van der Waals surface area contributed by atoms with Crippen LogP contribution in [-0.2, 0) is 0 Å². The average Bonchev–Trinajstić information content (AvgIpc) is 3.04. The standard InChI is InChI=1S/C19H17BrN4O2S/c1-12-7-8-14(10-17(12)24(25)26)13(2)22-23-18(11-27-19(23)21-3)15-5-4-6-16(20)9-15/h4-11H,1-3H3. The summed E-state index contributed by atoms with van der Waals surface area (Å²) < 4.78 is 2.75. The van der Waals surface area contributed by atoms with Crippen molar-refractivity contribution in [2.45, 2.75) is 13.8 Å². The summed E-state index contributed by atoms with van der Waals surface area (Å²) >= 11 is 4.98. The SMILES string of the molecule is CN=c1scc(-c2cccc(Br)c2)n1N=C(C)c1ccc(C)c([N+](=O)[O-])c1. The van der Waals surface area contributed by atoms with E-state index < -0.39 is 0 Å². The molecule has 0 saturated carbocycles. The number of hydrogen-bond donors (Lipinski definition) is 0. The van der Waals surface area contributed by atoms with Gasteiger partial charge in [0.1, 0.15) is 0 Å². The third-order valence-electron chi connectivity index (χ3n) is 4.07. The van der Waals surface area contributed by atoms with E-state index in [4.69, 9.17) is 5.10 Å². The lowest BCUT2D eigenvalue weighted by molar-refractivity contribution is -0.385. The van der Waals surface area contributed by atoms with Crippen LogP contribution < -0.4 is 4.80 Å².